The van der Waals surface area contributed by atoms with Crippen LogP contribution in [0.15, 0.2) is 60.8 Å². The van der Waals surface area contributed by atoms with Crippen LogP contribution in [0.1, 0.15) is 34.0 Å². The van der Waals surface area contributed by atoms with Gasteiger partial charge in [0.15, 0.2) is 6.29 Å². The monoisotopic (exact) mass is 452 g/mol. The van der Waals surface area contributed by atoms with E-state index in [1.807, 2.05) is 26.2 Å². The molecule has 2 heterocycles. The molecule has 1 unspecified atom stereocenters. The highest BCUT2D eigenvalue weighted by molar-refractivity contribution is 5.85. The minimum absolute atomic E-state index is 0.157. The molecule has 1 atom stereocenters. The van der Waals surface area contributed by atoms with Crippen molar-refractivity contribution in [3.05, 3.63) is 94.7 Å². The van der Waals surface area contributed by atoms with Gasteiger partial charge in [0.05, 0.1) is 12.2 Å². The lowest BCUT2D eigenvalue weighted by Crippen LogP contribution is -2.38. The number of anilines is 1. The van der Waals surface area contributed by atoms with Crippen molar-refractivity contribution in [2.45, 2.75) is 19.4 Å². The van der Waals surface area contributed by atoms with Crippen molar-refractivity contribution in [1.29, 1.82) is 0 Å². The molecule has 0 radical (unpaired) electrons. The van der Waals surface area contributed by atoms with Gasteiger partial charge >= 0.3 is 0 Å². The summed E-state index contributed by atoms with van der Waals surface area (Å²) in [5.74, 6) is 0.123. The Morgan fingerprint density at radius 2 is 1.82 bits per heavy atom. The number of halogens is 2. The van der Waals surface area contributed by atoms with Gasteiger partial charge in [0, 0.05) is 31.5 Å². The zero-order chi connectivity index (χ0) is 24.0. The van der Waals surface area contributed by atoms with Crippen LogP contribution in [0.3, 0.4) is 0 Å². The van der Waals surface area contributed by atoms with E-state index < -0.39 is 22.8 Å². The van der Waals surface area contributed by atoms with E-state index in [2.05, 4.69) is 47.6 Å². The number of carbonyl (C=O) groups excluding carboxylic acids is 1. The number of ether oxygens (including phenoxy) is 2. The third-order valence-electron chi connectivity index (χ3n) is 5.17. The van der Waals surface area contributed by atoms with Crippen LogP contribution in [0.2, 0.25) is 0 Å². The van der Waals surface area contributed by atoms with Gasteiger partial charge in [-0.3, -0.25) is 4.79 Å². The van der Waals surface area contributed by atoms with Crippen molar-refractivity contribution < 1.29 is 23.0 Å². The second-order valence-corrected chi connectivity index (χ2v) is 7.79. The van der Waals surface area contributed by atoms with Gasteiger partial charge in [-0.1, -0.05) is 24.3 Å². The maximum Gasteiger partial charge on any atom is 0.155 e. The molecule has 33 heavy (non-hydrogen) atoms. The summed E-state index contributed by atoms with van der Waals surface area (Å²) in [4.78, 5) is 14.4. The van der Waals surface area contributed by atoms with Crippen molar-refractivity contribution in [1.82, 2.24) is 4.98 Å². The SMILES string of the molecule is CNc1ccc(C2=CC(C)(COC)Oc3c(C)cccc32)cn1.O=Cc1c(F)cccc1F. The van der Waals surface area contributed by atoms with Gasteiger partial charge in [-0.2, -0.15) is 0 Å². The molecule has 3 aromatic rings. The van der Waals surface area contributed by atoms with E-state index in [0.29, 0.717) is 6.61 Å². The number of aldehydes is 1. The highest BCUT2D eigenvalue weighted by Crippen LogP contribution is 2.41. The minimum Gasteiger partial charge on any atom is -0.480 e. The predicted molar refractivity (Wildman–Crippen MR) is 125 cm³/mol. The van der Waals surface area contributed by atoms with E-state index in [9.17, 15) is 13.6 Å². The molecule has 0 spiro atoms. The van der Waals surface area contributed by atoms with E-state index >= 15 is 0 Å². The summed E-state index contributed by atoms with van der Waals surface area (Å²) in [7, 11) is 3.56. The molecule has 0 saturated carbocycles. The van der Waals surface area contributed by atoms with Crippen LogP contribution in [0.25, 0.3) is 5.57 Å². The molecule has 0 bridgehead atoms. The highest BCUT2D eigenvalue weighted by atomic mass is 19.1. The third-order valence-corrected chi connectivity index (χ3v) is 5.17. The number of aromatic nitrogens is 1. The molecule has 0 fully saturated rings. The molecule has 0 aliphatic carbocycles. The molecule has 5 nitrogen and oxygen atoms in total. The second kappa shape index (κ2) is 10.4. The van der Waals surface area contributed by atoms with Gasteiger partial charge in [-0.05, 0) is 55.3 Å². The molecule has 0 saturated heterocycles. The average Bonchev–Trinajstić information content (AvgIpc) is 2.80. The van der Waals surface area contributed by atoms with Gasteiger partial charge in [0.2, 0.25) is 0 Å². The first kappa shape index (κ1) is 24.1. The molecule has 1 aromatic heterocycles. The largest absolute Gasteiger partial charge is 0.480 e. The Morgan fingerprint density at radius 3 is 2.36 bits per heavy atom. The number of fused-ring (bicyclic) bond motifs is 1. The Kier molecular flexibility index (Phi) is 7.55. The number of hydrogen-bond acceptors (Lipinski definition) is 5. The number of benzene rings is 2. The summed E-state index contributed by atoms with van der Waals surface area (Å²) in [6.45, 7) is 4.60. The Morgan fingerprint density at radius 1 is 1.12 bits per heavy atom. The van der Waals surface area contributed by atoms with Crippen molar-refractivity contribution >= 4 is 17.7 Å². The number of nitrogens with one attached hydrogen (secondary N) is 1. The fourth-order valence-corrected chi connectivity index (χ4v) is 3.57. The fourth-order valence-electron chi connectivity index (χ4n) is 3.57. The number of rotatable bonds is 5. The van der Waals surface area contributed by atoms with Crippen LogP contribution in [-0.2, 0) is 4.74 Å². The molecule has 0 amide bonds. The summed E-state index contributed by atoms with van der Waals surface area (Å²) in [6.07, 6.45) is 4.18. The number of carbonyl (C=O) groups is 1. The first-order valence-corrected chi connectivity index (χ1v) is 10.4. The van der Waals surface area contributed by atoms with Crippen LogP contribution in [0.4, 0.5) is 14.6 Å². The number of methoxy groups -OCH3 is 1. The lowest BCUT2D eigenvalue weighted by atomic mass is 9.89. The topological polar surface area (TPSA) is 60.4 Å². The van der Waals surface area contributed by atoms with Crippen molar-refractivity contribution in [3.8, 4) is 5.75 Å². The van der Waals surface area contributed by atoms with Gasteiger partial charge in [0.1, 0.15) is 28.8 Å². The van der Waals surface area contributed by atoms with Gasteiger partial charge in [-0.25, -0.2) is 13.8 Å². The molecule has 7 heteroatoms. The Labute approximate surface area is 192 Å². The van der Waals surface area contributed by atoms with E-state index in [-0.39, 0.29) is 6.29 Å². The Balaban J connectivity index is 0.000000257. The second-order valence-electron chi connectivity index (χ2n) is 7.79. The highest BCUT2D eigenvalue weighted by Gasteiger charge is 2.32. The minimum atomic E-state index is -0.824. The lowest BCUT2D eigenvalue weighted by Gasteiger charge is -2.34. The summed E-state index contributed by atoms with van der Waals surface area (Å²) in [6, 6.07) is 13.5. The Bertz CT molecular complexity index is 1140. The Hall–Kier alpha value is -3.58. The smallest absolute Gasteiger partial charge is 0.155 e. The van der Waals surface area contributed by atoms with Crippen molar-refractivity contribution in [2.75, 3.05) is 26.1 Å². The van der Waals surface area contributed by atoms with Crippen molar-refractivity contribution in [2.24, 2.45) is 0 Å². The van der Waals surface area contributed by atoms with Crippen LogP contribution >= 0.6 is 0 Å². The third kappa shape index (κ3) is 5.43. The molecule has 2 aromatic carbocycles. The number of hydrogen-bond donors (Lipinski definition) is 1. The molecular weight excluding hydrogens is 426 g/mol. The first-order chi connectivity index (χ1) is 15.8. The quantitative estimate of drug-likeness (QED) is 0.523. The van der Waals surface area contributed by atoms with E-state index in [1.54, 1.807) is 7.11 Å². The van der Waals surface area contributed by atoms with Crippen LogP contribution in [0, 0.1) is 18.6 Å². The summed E-state index contributed by atoms with van der Waals surface area (Å²) in [5, 5.41) is 3.05. The number of para-hydroxylation sites is 1. The van der Waals surface area contributed by atoms with Crippen LogP contribution in [0.5, 0.6) is 5.75 Å². The average molecular weight is 453 g/mol. The zero-order valence-corrected chi connectivity index (χ0v) is 19.0. The predicted octanol–water partition coefficient (Wildman–Crippen LogP) is 5.44. The van der Waals surface area contributed by atoms with Gasteiger partial charge < -0.3 is 14.8 Å². The first-order valence-electron chi connectivity index (χ1n) is 10.4. The summed E-state index contributed by atoms with van der Waals surface area (Å²) >= 11 is 0. The normalized spacial score (nSPS) is 16.5. The van der Waals surface area contributed by atoms with Gasteiger partial charge in [0.25, 0.3) is 0 Å². The molecule has 172 valence electrons. The van der Waals surface area contributed by atoms with Crippen molar-refractivity contribution in [3.63, 3.8) is 0 Å². The standard InChI is InChI=1S/C19H22N2O2.C7H4F2O/c1-13-6-5-7-15-16(14-8-9-17(20-3)21-11-14)10-19(2,12-22-4)23-18(13)15;8-6-2-1-3-7(9)5(6)4-10/h5-11H,12H2,1-4H3,(H,20,21);1-4H. The molecule has 1 N–H and O–H groups in total. The summed E-state index contributed by atoms with van der Waals surface area (Å²) in [5.41, 5.74) is 3.41. The van der Waals surface area contributed by atoms with E-state index in [1.165, 1.54) is 6.07 Å². The number of pyridine rings is 1. The van der Waals surface area contributed by atoms with Gasteiger partial charge in [-0.15, -0.1) is 0 Å². The lowest BCUT2D eigenvalue weighted by molar-refractivity contribution is 0.0369. The fraction of sp³-hybridized carbons (Fsp3) is 0.231. The molecule has 1 aliphatic heterocycles. The van der Waals surface area contributed by atoms with E-state index in [0.717, 1.165) is 46.0 Å². The molecule has 1 aliphatic rings. The molecule has 4 rings (SSSR count). The maximum absolute atomic E-state index is 12.4. The van der Waals surface area contributed by atoms with E-state index in [4.69, 9.17) is 9.47 Å². The molecular formula is C26H26F2N2O3. The summed E-state index contributed by atoms with van der Waals surface area (Å²) < 4.78 is 36.4. The zero-order valence-electron chi connectivity index (χ0n) is 19.0. The van der Waals surface area contributed by atoms with Crippen LogP contribution in [-0.4, -0.2) is 37.6 Å². The maximum atomic E-state index is 12.4. The number of nitrogens with zero attached hydrogens (tertiary/aromatic N) is 1. The number of aryl methyl sites for hydroxylation is 1. The van der Waals surface area contributed by atoms with Crippen LogP contribution < -0.4 is 10.1 Å².